The molecule has 0 bridgehead atoms. The van der Waals surface area contributed by atoms with Crippen LogP contribution in [-0.4, -0.2) is 63.2 Å². The summed E-state index contributed by atoms with van der Waals surface area (Å²) >= 11 is 0. The average Bonchev–Trinajstić information content (AvgIpc) is 2.24. The van der Waals surface area contributed by atoms with Gasteiger partial charge in [0, 0.05) is 32.8 Å². The molecule has 1 aliphatic heterocycles. The van der Waals surface area contributed by atoms with Gasteiger partial charge in [-0.25, -0.2) is 0 Å². The maximum atomic E-state index is 5.64. The SMILES string of the molecule is CCOC1CC(N2CCOC(COC)C2)C1. The summed E-state index contributed by atoms with van der Waals surface area (Å²) in [5, 5.41) is 0. The number of hydrogen-bond acceptors (Lipinski definition) is 4. The molecule has 2 rings (SSSR count). The van der Waals surface area contributed by atoms with Crippen molar-refractivity contribution in [3.8, 4) is 0 Å². The van der Waals surface area contributed by atoms with Crippen molar-refractivity contribution in [3.05, 3.63) is 0 Å². The van der Waals surface area contributed by atoms with Crippen LogP contribution in [0.15, 0.2) is 0 Å². The van der Waals surface area contributed by atoms with Gasteiger partial charge in [0.25, 0.3) is 0 Å². The first kappa shape index (κ1) is 12.3. The molecular weight excluding hydrogens is 206 g/mol. The summed E-state index contributed by atoms with van der Waals surface area (Å²) in [5.41, 5.74) is 0. The zero-order valence-corrected chi connectivity index (χ0v) is 10.4. The van der Waals surface area contributed by atoms with Crippen LogP contribution in [0.25, 0.3) is 0 Å². The zero-order chi connectivity index (χ0) is 11.4. The molecule has 0 aromatic carbocycles. The molecule has 0 aromatic heterocycles. The quantitative estimate of drug-likeness (QED) is 0.701. The Bertz CT molecular complexity index is 204. The van der Waals surface area contributed by atoms with E-state index in [1.54, 1.807) is 7.11 Å². The van der Waals surface area contributed by atoms with Gasteiger partial charge in [-0.2, -0.15) is 0 Å². The Labute approximate surface area is 97.8 Å². The first-order valence-corrected chi connectivity index (χ1v) is 6.29. The highest BCUT2D eigenvalue weighted by molar-refractivity contribution is 4.90. The Morgan fingerprint density at radius 3 is 2.88 bits per heavy atom. The molecule has 1 saturated heterocycles. The van der Waals surface area contributed by atoms with Gasteiger partial charge in [-0.15, -0.1) is 0 Å². The number of nitrogens with zero attached hydrogens (tertiary/aromatic N) is 1. The van der Waals surface area contributed by atoms with Crippen LogP contribution in [0.4, 0.5) is 0 Å². The summed E-state index contributed by atoms with van der Waals surface area (Å²) in [6, 6.07) is 0.708. The van der Waals surface area contributed by atoms with Crippen LogP contribution in [0.5, 0.6) is 0 Å². The smallest absolute Gasteiger partial charge is 0.0935 e. The van der Waals surface area contributed by atoms with Gasteiger partial charge >= 0.3 is 0 Å². The molecule has 1 heterocycles. The van der Waals surface area contributed by atoms with E-state index in [9.17, 15) is 0 Å². The van der Waals surface area contributed by atoms with Crippen LogP contribution in [0.2, 0.25) is 0 Å². The molecule has 0 spiro atoms. The summed E-state index contributed by atoms with van der Waals surface area (Å²) in [4.78, 5) is 2.53. The van der Waals surface area contributed by atoms with E-state index in [1.165, 1.54) is 12.8 Å². The number of hydrogen-bond donors (Lipinski definition) is 0. The average molecular weight is 229 g/mol. The lowest BCUT2D eigenvalue weighted by Crippen LogP contribution is -2.55. The van der Waals surface area contributed by atoms with Crippen molar-refractivity contribution in [2.75, 3.05) is 40.0 Å². The van der Waals surface area contributed by atoms with Crippen molar-refractivity contribution in [1.29, 1.82) is 0 Å². The second kappa shape index (κ2) is 5.96. The van der Waals surface area contributed by atoms with Gasteiger partial charge in [-0.05, 0) is 19.8 Å². The van der Waals surface area contributed by atoms with E-state index in [0.717, 1.165) is 26.3 Å². The molecule has 94 valence electrons. The molecule has 0 aromatic rings. The van der Waals surface area contributed by atoms with Crippen LogP contribution in [0, 0.1) is 0 Å². The molecule has 0 N–H and O–H groups in total. The van der Waals surface area contributed by atoms with Crippen LogP contribution in [0.1, 0.15) is 19.8 Å². The third-order valence-electron chi connectivity index (χ3n) is 3.51. The predicted octanol–water partition coefficient (Wildman–Crippen LogP) is 0.901. The fourth-order valence-electron chi connectivity index (χ4n) is 2.57. The van der Waals surface area contributed by atoms with Crippen molar-refractivity contribution in [2.24, 2.45) is 0 Å². The lowest BCUT2D eigenvalue weighted by atomic mass is 9.87. The Kier molecular flexibility index (Phi) is 4.58. The van der Waals surface area contributed by atoms with E-state index >= 15 is 0 Å². The van der Waals surface area contributed by atoms with Gasteiger partial charge in [0.2, 0.25) is 0 Å². The van der Waals surface area contributed by atoms with Crippen LogP contribution in [-0.2, 0) is 14.2 Å². The number of morpholine rings is 1. The van der Waals surface area contributed by atoms with E-state index < -0.39 is 0 Å². The molecule has 1 saturated carbocycles. The van der Waals surface area contributed by atoms with Gasteiger partial charge < -0.3 is 14.2 Å². The molecule has 0 radical (unpaired) electrons. The van der Waals surface area contributed by atoms with Crippen molar-refractivity contribution in [3.63, 3.8) is 0 Å². The Balaban J connectivity index is 1.70. The number of methoxy groups -OCH3 is 1. The van der Waals surface area contributed by atoms with E-state index in [-0.39, 0.29) is 6.10 Å². The van der Waals surface area contributed by atoms with Gasteiger partial charge in [-0.3, -0.25) is 4.90 Å². The van der Waals surface area contributed by atoms with Gasteiger partial charge in [0.15, 0.2) is 0 Å². The molecular formula is C12H23NO3. The van der Waals surface area contributed by atoms with Gasteiger partial charge in [0.05, 0.1) is 25.4 Å². The molecule has 2 fully saturated rings. The van der Waals surface area contributed by atoms with Gasteiger partial charge in [0.1, 0.15) is 0 Å². The molecule has 1 unspecified atom stereocenters. The highest BCUT2D eigenvalue weighted by atomic mass is 16.5. The summed E-state index contributed by atoms with van der Waals surface area (Å²) in [7, 11) is 1.73. The molecule has 16 heavy (non-hydrogen) atoms. The first-order valence-electron chi connectivity index (χ1n) is 6.29. The second-order valence-corrected chi connectivity index (χ2v) is 4.65. The van der Waals surface area contributed by atoms with Crippen molar-refractivity contribution >= 4 is 0 Å². The second-order valence-electron chi connectivity index (χ2n) is 4.65. The first-order chi connectivity index (χ1) is 7.83. The fourth-order valence-corrected chi connectivity index (χ4v) is 2.57. The minimum Gasteiger partial charge on any atom is -0.382 e. The summed E-state index contributed by atoms with van der Waals surface area (Å²) in [6.07, 6.45) is 3.13. The fraction of sp³-hybridized carbons (Fsp3) is 1.00. The third-order valence-corrected chi connectivity index (χ3v) is 3.51. The topological polar surface area (TPSA) is 30.9 Å². The summed E-state index contributed by atoms with van der Waals surface area (Å²) in [6.45, 7) is 6.52. The Morgan fingerprint density at radius 2 is 2.19 bits per heavy atom. The molecule has 0 amide bonds. The minimum absolute atomic E-state index is 0.255. The lowest BCUT2D eigenvalue weighted by molar-refractivity contribution is -0.107. The normalized spacial score (nSPS) is 36.0. The van der Waals surface area contributed by atoms with Crippen LogP contribution < -0.4 is 0 Å². The van der Waals surface area contributed by atoms with E-state index in [1.807, 2.05) is 0 Å². The largest absolute Gasteiger partial charge is 0.382 e. The lowest BCUT2D eigenvalue weighted by Gasteiger charge is -2.45. The minimum atomic E-state index is 0.255. The van der Waals surface area contributed by atoms with Crippen LogP contribution in [0.3, 0.4) is 0 Å². The highest BCUT2D eigenvalue weighted by Crippen LogP contribution is 2.29. The maximum Gasteiger partial charge on any atom is 0.0935 e. The zero-order valence-electron chi connectivity index (χ0n) is 10.4. The Morgan fingerprint density at radius 1 is 1.38 bits per heavy atom. The van der Waals surface area contributed by atoms with Crippen molar-refractivity contribution in [1.82, 2.24) is 4.90 Å². The third kappa shape index (κ3) is 2.94. The maximum absolute atomic E-state index is 5.64. The number of rotatable bonds is 5. The monoisotopic (exact) mass is 229 g/mol. The number of ether oxygens (including phenoxy) is 3. The van der Waals surface area contributed by atoms with Gasteiger partial charge in [-0.1, -0.05) is 0 Å². The summed E-state index contributed by atoms with van der Waals surface area (Å²) < 4.78 is 16.4. The predicted molar refractivity (Wildman–Crippen MR) is 61.6 cm³/mol. The van der Waals surface area contributed by atoms with Crippen molar-refractivity contribution in [2.45, 2.75) is 38.0 Å². The molecule has 2 aliphatic rings. The Hall–Kier alpha value is -0.160. The van der Waals surface area contributed by atoms with Crippen molar-refractivity contribution < 1.29 is 14.2 Å². The highest BCUT2D eigenvalue weighted by Gasteiger charge is 2.36. The molecule has 1 atom stereocenters. The van der Waals surface area contributed by atoms with E-state index in [0.29, 0.717) is 18.8 Å². The molecule has 4 heteroatoms. The standard InChI is InChI=1S/C12H23NO3/c1-3-15-11-6-10(7-11)13-4-5-16-12(8-13)9-14-2/h10-12H,3-9H2,1-2H3. The molecule has 4 nitrogen and oxygen atoms in total. The molecule has 1 aliphatic carbocycles. The van der Waals surface area contributed by atoms with E-state index in [4.69, 9.17) is 14.2 Å². The van der Waals surface area contributed by atoms with E-state index in [2.05, 4.69) is 11.8 Å². The summed E-state index contributed by atoms with van der Waals surface area (Å²) in [5.74, 6) is 0. The van der Waals surface area contributed by atoms with Crippen LogP contribution >= 0.6 is 0 Å².